The molecule has 0 amide bonds. The van der Waals surface area contributed by atoms with E-state index in [2.05, 4.69) is 6.92 Å². The van der Waals surface area contributed by atoms with Crippen molar-refractivity contribution in [2.75, 3.05) is 6.61 Å². The second-order valence-electron chi connectivity index (χ2n) is 3.82. The van der Waals surface area contributed by atoms with E-state index in [1.165, 1.54) is 11.1 Å². The predicted molar refractivity (Wildman–Crippen MR) is 61.3 cm³/mol. The molecule has 1 rings (SSSR count). The lowest BCUT2D eigenvalue weighted by molar-refractivity contribution is -0.121. The Hall–Kier alpha value is -1.31. The van der Waals surface area contributed by atoms with Crippen LogP contribution in [0.4, 0.5) is 0 Å². The zero-order valence-corrected chi connectivity index (χ0v) is 9.67. The molecule has 0 atom stereocenters. The summed E-state index contributed by atoms with van der Waals surface area (Å²) in [5.41, 5.74) is 2.43. The fraction of sp³-hybridized carbons (Fsp3) is 0.462. The van der Waals surface area contributed by atoms with Crippen LogP contribution >= 0.6 is 0 Å². The fourth-order valence-corrected chi connectivity index (χ4v) is 1.32. The molecule has 0 bridgehead atoms. The van der Waals surface area contributed by atoms with Crippen LogP contribution in [0, 0.1) is 13.8 Å². The van der Waals surface area contributed by atoms with Crippen LogP contribution < -0.4 is 4.74 Å². The number of rotatable bonds is 5. The van der Waals surface area contributed by atoms with E-state index in [1.54, 1.807) is 0 Å². The Morgan fingerprint density at radius 2 is 2.00 bits per heavy atom. The van der Waals surface area contributed by atoms with Crippen molar-refractivity contribution in [2.45, 2.75) is 33.6 Å². The Morgan fingerprint density at radius 1 is 1.27 bits per heavy atom. The maximum Gasteiger partial charge on any atom is 0.170 e. The Kier molecular flexibility index (Phi) is 4.35. The molecule has 1 aromatic carbocycles. The average Bonchev–Trinajstić information content (AvgIpc) is 2.20. The number of hydrogen-bond acceptors (Lipinski definition) is 2. The topological polar surface area (TPSA) is 26.3 Å². The lowest BCUT2D eigenvalue weighted by atomic mass is 10.1. The zero-order valence-electron chi connectivity index (χ0n) is 9.67. The van der Waals surface area contributed by atoms with E-state index < -0.39 is 0 Å². The maximum atomic E-state index is 11.2. The summed E-state index contributed by atoms with van der Waals surface area (Å²) >= 11 is 0. The minimum absolute atomic E-state index is 0.163. The van der Waals surface area contributed by atoms with Gasteiger partial charge in [-0.2, -0.15) is 0 Å². The Labute approximate surface area is 91.3 Å². The first-order valence-electron chi connectivity index (χ1n) is 5.35. The highest BCUT2D eigenvalue weighted by Crippen LogP contribution is 2.16. The lowest BCUT2D eigenvalue weighted by Crippen LogP contribution is -2.10. The van der Waals surface area contributed by atoms with E-state index in [1.807, 2.05) is 32.0 Å². The van der Waals surface area contributed by atoms with E-state index >= 15 is 0 Å². The molecule has 0 N–H and O–H groups in total. The van der Waals surface area contributed by atoms with Gasteiger partial charge in [0, 0.05) is 6.42 Å². The zero-order chi connectivity index (χ0) is 11.3. The quantitative estimate of drug-likeness (QED) is 0.740. The molecule has 0 aliphatic rings. The summed E-state index contributed by atoms with van der Waals surface area (Å²) in [4.78, 5) is 11.2. The molecule has 0 fully saturated rings. The van der Waals surface area contributed by atoms with E-state index in [-0.39, 0.29) is 12.4 Å². The second kappa shape index (κ2) is 5.54. The summed E-state index contributed by atoms with van der Waals surface area (Å²) in [5, 5.41) is 0. The Balaban J connectivity index is 2.51. The summed E-state index contributed by atoms with van der Waals surface area (Å²) < 4.78 is 5.41. The smallest absolute Gasteiger partial charge is 0.170 e. The average molecular weight is 206 g/mol. The van der Waals surface area contributed by atoms with Crippen molar-refractivity contribution < 1.29 is 9.53 Å². The van der Waals surface area contributed by atoms with Gasteiger partial charge in [-0.15, -0.1) is 0 Å². The van der Waals surface area contributed by atoms with Gasteiger partial charge in [-0.1, -0.05) is 13.0 Å². The van der Waals surface area contributed by atoms with Gasteiger partial charge < -0.3 is 4.74 Å². The molecule has 0 spiro atoms. The largest absolute Gasteiger partial charge is 0.486 e. The molecule has 1 aromatic rings. The predicted octanol–water partition coefficient (Wildman–Crippen LogP) is 3.05. The van der Waals surface area contributed by atoms with Crippen molar-refractivity contribution in [3.8, 4) is 5.75 Å². The summed E-state index contributed by atoms with van der Waals surface area (Å²) in [6, 6.07) is 5.88. The first kappa shape index (κ1) is 11.8. The molecule has 2 heteroatoms. The molecule has 0 heterocycles. The van der Waals surface area contributed by atoms with Gasteiger partial charge in [0.25, 0.3) is 0 Å². The van der Waals surface area contributed by atoms with E-state index in [0.29, 0.717) is 6.42 Å². The number of ketones is 1. The number of carbonyl (C=O) groups is 1. The van der Waals surface area contributed by atoms with Crippen LogP contribution in [-0.4, -0.2) is 12.4 Å². The number of Topliss-reactive ketones (excluding diaryl/α,β-unsaturated/α-hetero) is 1. The third kappa shape index (κ3) is 3.74. The first-order chi connectivity index (χ1) is 7.13. The number of carbonyl (C=O) groups excluding carboxylic acids is 1. The van der Waals surface area contributed by atoms with Crippen molar-refractivity contribution in [3.63, 3.8) is 0 Å². The van der Waals surface area contributed by atoms with Crippen molar-refractivity contribution in [3.05, 3.63) is 29.3 Å². The first-order valence-corrected chi connectivity index (χ1v) is 5.35. The van der Waals surface area contributed by atoms with Crippen LogP contribution in [-0.2, 0) is 4.79 Å². The normalized spacial score (nSPS) is 10.1. The fourth-order valence-electron chi connectivity index (χ4n) is 1.32. The minimum atomic E-state index is 0.163. The van der Waals surface area contributed by atoms with E-state index in [9.17, 15) is 4.79 Å². The van der Waals surface area contributed by atoms with Gasteiger partial charge in [0.15, 0.2) is 5.78 Å². The van der Waals surface area contributed by atoms with E-state index in [4.69, 9.17) is 4.74 Å². The number of ether oxygens (including phenoxy) is 1. The van der Waals surface area contributed by atoms with Gasteiger partial charge in [-0.05, 0) is 43.5 Å². The summed E-state index contributed by atoms with van der Waals surface area (Å²) in [6.07, 6.45) is 1.49. The van der Waals surface area contributed by atoms with Crippen LogP contribution in [0.15, 0.2) is 18.2 Å². The van der Waals surface area contributed by atoms with Crippen LogP contribution in [0.1, 0.15) is 30.9 Å². The molecular formula is C13H18O2. The SMILES string of the molecule is CCCC(=O)COc1ccc(C)c(C)c1. The lowest BCUT2D eigenvalue weighted by Gasteiger charge is -2.07. The van der Waals surface area contributed by atoms with Crippen LogP contribution in [0.2, 0.25) is 0 Å². The van der Waals surface area contributed by atoms with Crippen LogP contribution in [0.25, 0.3) is 0 Å². The highest BCUT2D eigenvalue weighted by Gasteiger charge is 2.02. The molecule has 0 aliphatic heterocycles. The molecule has 2 nitrogen and oxygen atoms in total. The van der Waals surface area contributed by atoms with Crippen molar-refractivity contribution in [1.82, 2.24) is 0 Å². The van der Waals surface area contributed by atoms with Gasteiger partial charge in [0.05, 0.1) is 0 Å². The van der Waals surface area contributed by atoms with Gasteiger partial charge in [0.1, 0.15) is 12.4 Å². The van der Waals surface area contributed by atoms with E-state index in [0.717, 1.165) is 12.2 Å². The molecule has 0 saturated heterocycles. The minimum Gasteiger partial charge on any atom is -0.486 e. The van der Waals surface area contributed by atoms with Gasteiger partial charge in [0.2, 0.25) is 0 Å². The molecule has 15 heavy (non-hydrogen) atoms. The van der Waals surface area contributed by atoms with Gasteiger partial charge in [-0.3, -0.25) is 4.79 Å². The number of aryl methyl sites for hydroxylation is 2. The molecule has 0 saturated carbocycles. The third-order valence-electron chi connectivity index (χ3n) is 2.41. The highest BCUT2D eigenvalue weighted by molar-refractivity contribution is 5.79. The summed E-state index contributed by atoms with van der Waals surface area (Å²) in [5.74, 6) is 0.943. The molecule has 0 aliphatic carbocycles. The van der Waals surface area contributed by atoms with Gasteiger partial charge >= 0.3 is 0 Å². The van der Waals surface area contributed by atoms with Gasteiger partial charge in [-0.25, -0.2) is 0 Å². The van der Waals surface area contributed by atoms with Crippen molar-refractivity contribution in [2.24, 2.45) is 0 Å². The maximum absolute atomic E-state index is 11.2. The molecule has 0 radical (unpaired) electrons. The Morgan fingerprint density at radius 3 is 2.60 bits per heavy atom. The number of benzene rings is 1. The second-order valence-corrected chi connectivity index (χ2v) is 3.82. The number of hydrogen-bond donors (Lipinski definition) is 0. The Bertz CT molecular complexity index is 342. The highest BCUT2D eigenvalue weighted by atomic mass is 16.5. The molecule has 0 unspecified atom stereocenters. The molecule has 82 valence electrons. The van der Waals surface area contributed by atoms with Crippen LogP contribution in [0.3, 0.4) is 0 Å². The molecule has 0 aromatic heterocycles. The van der Waals surface area contributed by atoms with Crippen molar-refractivity contribution >= 4 is 5.78 Å². The monoisotopic (exact) mass is 206 g/mol. The third-order valence-corrected chi connectivity index (χ3v) is 2.41. The standard InChI is InChI=1S/C13H18O2/c1-4-5-12(14)9-15-13-7-6-10(2)11(3)8-13/h6-8H,4-5,9H2,1-3H3. The molecular weight excluding hydrogens is 188 g/mol. The summed E-state index contributed by atoms with van der Waals surface area (Å²) in [7, 11) is 0. The van der Waals surface area contributed by atoms with Crippen LogP contribution in [0.5, 0.6) is 5.75 Å². The summed E-state index contributed by atoms with van der Waals surface area (Å²) in [6.45, 7) is 6.28. The van der Waals surface area contributed by atoms with Crippen molar-refractivity contribution in [1.29, 1.82) is 0 Å².